The average Bonchev–Trinajstić information content (AvgIpc) is 3.21. The number of carbonyl (C=O) groups is 1. The first kappa shape index (κ1) is 17.9. The van der Waals surface area contributed by atoms with E-state index in [9.17, 15) is 4.79 Å². The van der Waals surface area contributed by atoms with Gasteiger partial charge in [-0.25, -0.2) is 0 Å². The molecule has 4 atom stereocenters. The van der Waals surface area contributed by atoms with Gasteiger partial charge in [0, 0.05) is 41.1 Å². The fourth-order valence-corrected chi connectivity index (χ4v) is 3.74. The Labute approximate surface area is 147 Å². The van der Waals surface area contributed by atoms with Crippen LogP contribution in [-0.4, -0.2) is 36.0 Å². The Morgan fingerprint density at radius 2 is 2.05 bits per heavy atom. The molecule has 2 aliphatic rings. The monoisotopic (exact) mass is 362 g/mol. The molecule has 4 unspecified atom stereocenters. The van der Waals surface area contributed by atoms with Crippen LogP contribution in [-0.2, 0) is 4.79 Å². The van der Waals surface area contributed by atoms with Gasteiger partial charge >= 0.3 is 0 Å². The van der Waals surface area contributed by atoms with Gasteiger partial charge in [-0.15, -0.1) is 12.4 Å². The molecule has 122 valence electrons. The maximum atomic E-state index is 12.7. The van der Waals surface area contributed by atoms with Crippen molar-refractivity contribution in [2.45, 2.75) is 38.3 Å². The number of hydrogen-bond acceptors (Lipinski definition) is 2. The minimum Gasteiger partial charge on any atom is -0.337 e. The van der Waals surface area contributed by atoms with E-state index in [0.717, 1.165) is 25.1 Å². The van der Waals surface area contributed by atoms with Crippen molar-refractivity contribution in [2.24, 2.45) is 5.92 Å². The number of amides is 1. The van der Waals surface area contributed by atoms with Crippen LogP contribution in [0.1, 0.15) is 31.7 Å². The van der Waals surface area contributed by atoms with Crippen molar-refractivity contribution in [1.82, 2.24) is 10.2 Å². The lowest BCUT2D eigenvalue weighted by Gasteiger charge is -2.39. The quantitative estimate of drug-likeness (QED) is 0.868. The molecular formula is C16H21Cl3N2O. The number of carbonyl (C=O) groups excluding carboxylic acids is 1. The first-order chi connectivity index (χ1) is 9.99. The van der Waals surface area contributed by atoms with Gasteiger partial charge in [0.15, 0.2) is 0 Å². The van der Waals surface area contributed by atoms with Crippen LogP contribution in [0.5, 0.6) is 0 Å². The van der Waals surface area contributed by atoms with Crippen molar-refractivity contribution in [3.05, 3.63) is 33.8 Å². The Hall–Kier alpha value is -0.480. The zero-order valence-corrected chi connectivity index (χ0v) is 15.0. The highest BCUT2D eigenvalue weighted by atomic mass is 35.5. The molecule has 1 saturated heterocycles. The number of hydrogen-bond donors (Lipinski definition) is 1. The highest BCUT2D eigenvalue weighted by Gasteiger charge is 2.47. The van der Waals surface area contributed by atoms with Gasteiger partial charge in [-0.3, -0.25) is 4.79 Å². The summed E-state index contributed by atoms with van der Waals surface area (Å²) in [5.41, 5.74) is 1.05. The minimum absolute atomic E-state index is 0. The Morgan fingerprint density at radius 3 is 2.73 bits per heavy atom. The van der Waals surface area contributed by atoms with E-state index in [1.54, 1.807) is 6.07 Å². The fraction of sp³-hybridized carbons (Fsp3) is 0.562. The number of benzene rings is 1. The summed E-state index contributed by atoms with van der Waals surface area (Å²) in [5, 5.41) is 4.71. The first-order valence-corrected chi connectivity index (χ1v) is 8.23. The van der Waals surface area contributed by atoms with E-state index in [1.807, 2.05) is 17.0 Å². The van der Waals surface area contributed by atoms with E-state index in [0.29, 0.717) is 16.1 Å². The molecule has 1 aromatic rings. The molecule has 1 saturated carbocycles. The number of rotatable bonds is 2. The Kier molecular flexibility index (Phi) is 5.65. The number of halogens is 3. The van der Waals surface area contributed by atoms with Crippen LogP contribution in [0, 0.1) is 5.92 Å². The molecule has 1 N–H and O–H groups in total. The standard InChI is InChI=1S/C16H20Cl2N2O.ClH/c1-9-10(2)20(6-5-19-9)16(21)14-8-13(14)12-4-3-11(17)7-15(12)18;/h3-4,7,9-10,13-14,19H,5-6,8H2,1-2H3;1H. The summed E-state index contributed by atoms with van der Waals surface area (Å²) in [7, 11) is 0. The van der Waals surface area contributed by atoms with E-state index in [-0.39, 0.29) is 36.2 Å². The largest absolute Gasteiger partial charge is 0.337 e. The molecule has 0 radical (unpaired) electrons. The third kappa shape index (κ3) is 3.38. The molecule has 1 aliphatic heterocycles. The Bertz CT molecular complexity index is 566. The molecule has 0 bridgehead atoms. The van der Waals surface area contributed by atoms with E-state index in [2.05, 4.69) is 19.2 Å². The van der Waals surface area contributed by atoms with Crippen LogP contribution in [0.3, 0.4) is 0 Å². The van der Waals surface area contributed by atoms with E-state index < -0.39 is 0 Å². The predicted octanol–water partition coefficient (Wildman–Crippen LogP) is 3.73. The van der Waals surface area contributed by atoms with Crippen LogP contribution in [0.2, 0.25) is 10.0 Å². The molecule has 0 aromatic heterocycles. The SMILES string of the molecule is CC1NCCN(C(=O)C2CC2c2ccc(Cl)cc2Cl)C1C.Cl. The summed E-state index contributed by atoms with van der Waals surface area (Å²) >= 11 is 12.2. The van der Waals surface area contributed by atoms with Crippen LogP contribution in [0.15, 0.2) is 18.2 Å². The zero-order chi connectivity index (χ0) is 15.1. The van der Waals surface area contributed by atoms with Crippen LogP contribution in [0.4, 0.5) is 0 Å². The third-order valence-electron chi connectivity index (χ3n) is 4.79. The molecule has 1 heterocycles. The van der Waals surface area contributed by atoms with E-state index >= 15 is 0 Å². The second kappa shape index (κ2) is 6.96. The molecule has 0 spiro atoms. The normalized spacial score (nSPS) is 30.6. The predicted molar refractivity (Wildman–Crippen MR) is 93.2 cm³/mol. The van der Waals surface area contributed by atoms with Crippen molar-refractivity contribution < 1.29 is 4.79 Å². The minimum atomic E-state index is 0. The summed E-state index contributed by atoms with van der Waals surface area (Å²) in [6.07, 6.45) is 0.894. The molecule has 1 aromatic carbocycles. The van der Waals surface area contributed by atoms with Crippen LogP contribution < -0.4 is 5.32 Å². The summed E-state index contributed by atoms with van der Waals surface area (Å²) in [4.78, 5) is 14.7. The highest BCUT2D eigenvalue weighted by Crippen LogP contribution is 2.51. The van der Waals surface area contributed by atoms with Crippen molar-refractivity contribution in [3.8, 4) is 0 Å². The molecule has 1 amide bonds. The lowest BCUT2D eigenvalue weighted by molar-refractivity contribution is -0.136. The molecule has 3 rings (SSSR count). The van der Waals surface area contributed by atoms with Gasteiger partial charge in [0.05, 0.1) is 0 Å². The second-order valence-corrected chi connectivity index (χ2v) is 6.97. The number of nitrogens with zero attached hydrogens (tertiary/aromatic N) is 1. The van der Waals surface area contributed by atoms with Gasteiger partial charge in [-0.05, 0) is 43.9 Å². The lowest BCUT2D eigenvalue weighted by atomic mass is 10.0. The van der Waals surface area contributed by atoms with Gasteiger partial charge in [0.25, 0.3) is 0 Å². The Balaban J connectivity index is 0.00000176. The molecule has 2 fully saturated rings. The Morgan fingerprint density at radius 1 is 1.32 bits per heavy atom. The molecule has 1 aliphatic carbocycles. The van der Waals surface area contributed by atoms with Crippen molar-refractivity contribution in [3.63, 3.8) is 0 Å². The molecule has 3 nitrogen and oxygen atoms in total. The van der Waals surface area contributed by atoms with E-state index in [4.69, 9.17) is 23.2 Å². The van der Waals surface area contributed by atoms with Gasteiger partial charge in [-0.2, -0.15) is 0 Å². The molecule has 6 heteroatoms. The smallest absolute Gasteiger partial charge is 0.226 e. The third-order valence-corrected chi connectivity index (χ3v) is 5.35. The van der Waals surface area contributed by atoms with E-state index in [1.165, 1.54) is 0 Å². The number of nitrogens with one attached hydrogen (secondary N) is 1. The lowest BCUT2D eigenvalue weighted by Crippen LogP contribution is -2.57. The highest BCUT2D eigenvalue weighted by molar-refractivity contribution is 6.35. The topological polar surface area (TPSA) is 32.3 Å². The van der Waals surface area contributed by atoms with Gasteiger partial charge < -0.3 is 10.2 Å². The zero-order valence-electron chi connectivity index (χ0n) is 12.7. The van der Waals surface area contributed by atoms with Crippen molar-refractivity contribution in [2.75, 3.05) is 13.1 Å². The van der Waals surface area contributed by atoms with Gasteiger partial charge in [0.2, 0.25) is 5.91 Å². The fourth-order valence-electron chi connectivity index (χ4n) is 3.19. The number of piperazine rings is 1. The average molecular weight is 364 g/mol. The summed E-state index contributed by atoms with van der Waals surface area (Å²) in [5.74, 6) is 0.600. The van der Waals surface area contributed by atoms with Crippen molar-refractivity contribution >= 4 is 41.5 Å². The summed E-state index contributed by atoms with van der Waals surface area (Å²) < 4.78 is 0. The molecule has 22 heavy (non-hydrogen) atoms. The first-order valence-electron chi connectivity index (χ1n) is 7.48. The van der Waals surface area contributed by atoms with Gasteiger partial charge in [0.1, 0.15) is 0 Å². The maximum Gasteiger partial charge on any atom is 0.226 e. The second-order valence-electron chi connectivity index (χ2n) is 6.13. The van der Waals surface area contributed by atoms with Crippen LogP contribution >= 0.6 is 35.6 Å². The summed E-state index contributed by atoms with van der Waals surface area (Å²) in [6, 6.07) is 6.14. The van der Waals surface area contributed by atoms with Crippen LogP contribution in [0.25, 0.3) is 0 Å². The summed E-state index contributed by atoms with van der Waals surface area (Å²) in [6.45, 7) is 5.91. The van der Waals surface area contributed by atoms with Gasteiger partial charge in [-0.1, -0.05) is 29.3 Å². The van der Waals surface area contributed by atoms with Crippen molar-refractivity contribution in [1.29, 1.82) is 0 Å². The molecular weight excluding hydrogens is 343 g/mol. The maximum absolute atomic E-state index is 12.7.